The minimum absolute atomic E-state index is 0.0686. The summed E-state index contributed by atoms with van der Waals surface area (Å²) in [6.07, 6.45) is 1.42. The number of nitrogens with zero attached hydrogens (tertiary/aromatic N) is 1. The van der Waals surface area contributed by atoms with Crippen LogP contribution in [0.4, 0.5) is 5.13 Å². The average Bonchev–Trinajstić information content (AvgIpc) is 2.76. The fourth-order valence-electron chi connectivity index (χ4n) is 1.59. The van der Waals surface area contributed by atoms with Crippen LogP contribution in [0, 0.1) is 6.92 Å². The smallest absolute Gasteiger partial charge is 0.262 e. The number of amides is 1. The van der Waals surface area contributed by atoms with Crippen LogP contribution < -0.4 is 10.7 Å². The zero-order chi connectivity index (χ0) is 14.9. The molecule has 0 radical (unpaired) electrons. The first kappa shape index (κ1) is 14.5. The first-order valence-electron chi connectivity index (χ1n) is 6.24. The standard InChI is InChI=1S/C14H17N3O2S/c1-8-5-10(18)9(6-15-8)12(19)17-13-16-11(7-20-13)14(2,3)4/h5-7H,1-4H3,(H,15,18)(H,16,17,19). The third kappa shape index (κ3) is 3.14. The maximum Gasteiger partial charge on any atom is 0.262 e. The minimum Gasteiger partial charge on any atom is -0.364 e. The molecule has 0 fully saturated rings. The van der Waals surface area contributed by atoms with E-state index in [4.69, 9.17) is 0 Å². The van der Waals surface area contributed by atoms with Gasteiger partial charge in [-0.2, -0.15) is 0 Å². The molecule has 0 bridgehead atoms. The van der Waals surface area contributed by atoms with Crippen molar-refractivity contribution in [3.63, 3.8) is 0 Å². The molecule has 0 spiro atoms. The number of anilines is 1. The molecule has 0 saturated carbocycles. The van der Waals surface area contributed by atoms with Crippen LogP contribution in [-0.2, 0) is 5.41 Å². The van der Waals surface area contributed by atoms with Crippen molar-refractivity contribution < 1.29 is 4.79 Å². The van der Waals surface area contributed by atoms with E-state index in [1.807, 2.05) is 5.38 Å². The highest BCUT2D eigenvalue weighted by atomic mass is 32.1. The summed E-state index contributed by atoms with van der Waals surface area (Å²) in [7, 11) is 0. The van der Waals surface area contributed by atoms with E-state index in [2.05, 4.69) is 36.1 Å². The fraction of sp³-hybridized carbons (Fsp3) is 0.357. The van der Waals surface area contributed by atoms with Crippen LogP contribution >= 0.6 is 11.3 Å². The van der Waals surface area contributed by atoms with Crippen molar-refractivity contribution in [3.05, 3.63) is 44.8 Å². The van der Waals surface area contributed by atoms with Crippen molar-refractivity contribution in [2.45, 2.75) is 33.1 Å². The number of carbonyl (C=O) groups excluding carboxylic acids is 1. The van der Waals surface area contributed by atoms with Crippen molar-refractivity contribution in [1.82, 2.24) is 9.97 Å². The topological polar surface area (TPSA) is 74.8 Å². The Kier molecular flexibility index (Phi) is 3.76. The highest BCUT2D eigenvalue weighted by Gasteiger charge is 2.19. The Bertz CT molecular complexity index is 695. The second-order valence-corrected chi connectivity index (χ2v) is 6.49. The van der Waals surface area contributed by atoms with E-state index in [1.165, 1.54) is 23.6 Å². The summed E-state index contributed by atoms with van der Waals surface area (Å²) in [4.78, 5) is 31.0. The molecule has 0 aliphatic heterocycles. The fourth-order valence-corrected chi connectivity index (χ4v) is 2.52. The Morgan fingerprint density at radius 1 is 1.40 bits per heavy atom. The van der Waals surface area contributed by atoms with Crippen LogP contribution in [0.15, 0.2) is 22.4 Å². The van der Waals surface area contributed by atoms with Gasteiger partial charge in [0.05, 0.1) is 5.69 Å². The number of pyridine rings is 1. The van der Waals surface area contributed by atoms with Gasteiger partial charge in [0.15, 0.2) is 10.6 Å². The maximum absolute atomic E-state index is 12.0. The van der Waals surface area contributed by atoms with Crippen molar-refractivity contribution in [2.24, 2.45) is 0 Å². The Balaban J connectivity index is 2.20. The number of carbonyl (C=O) groups is 1. The number of aryl methyl sites for hydroxylation is 1. The maximum atomic E-state index is 12.0. The van der Waals surface area contributed by atoms with Crippen molar-refractivity contribution in [3.8, 4) is 0 Å². The monoisotopic (exact) mass is 291 g/mol. The SMILES string of the molecule is Cc1cc(=O)c(C(=O)Nc2nc(C(C)(C)C)cs2)c[nH]1. The minimum atomic E-state index is -0.443. The van der Waals surface area contributed by atoms with Crippen LogP contribution in [0.25, 0.3) is 0 Å². The highest BCUT2D eigenvalue weighted by Crippen LogP contribution is 2.26. The van der Waals surface area contributed by atoms with Gasteiger partial charge in [-0.3, -0.25) is 14.9 Å². The number of aromatic amines is 1. The summed E-state index contributed by atoms with van der Waals surface area (Å²) in [5, 5.41) is 5.07. The molecule has 2 aromatic heterocycles. The van der Waals surface area contributed by atoms with Gasteiger partial charge in [0.2, 0.25) is 0 Å². The number of aromatic nitrogens is 2. The van der Waals surface area contributed by atoms with Crippen LogP contribution in [-0.4, -0.2) is 15.9 Å². The molecule has 0 saturated heterocycles. The van der Waals surface area contributed by atoms with E-state index in [-0.39, 0.29) is 16.4 Å². The van der Waals surface area contributed by atoms with E-state index in [0.717, 1.165) is 11.4 Å². The zero-order valence-electron chi connectivity index (χ0n) is 11.9. The molecule has 0 aromatic carbocycles. The van der Waals surface area contributed by atoms with Crippen LogP contribution in [0.3, 0.4) is 0 Å². The normalized spacial score (nSPS) is 11.4. The molecule has 1 amide bonds. The average molecular weight is 291 g/mol. The number of nitrogens with one attached hydrogen (secondary N) is 2. The Morgan fingerprint density at radius 2 is 2.10 bits per heavy atom. The van der Waals surface area contributed by atoms with Crippen LogP contribution in [0.1, 0.15) is 42.5 Å². The first-order chi connectivity index (χ1) is 9.27. The van der Waals surface area contributed by atoms with Crippen LogP contribution in [0.2, 0.25) is 0 Å². The third-order valence-corrected chi connectivity index (χ3v) is 3.55. The van der Waals surface area contributed by atoms with Gasteiger partial charge in [0.1, 0.15) is 5.56 Å². The number of hydrogen-bond acceptors (Lipinski definition) is 4. The van der Waals surface area contributed by atoms with Gasteiger partial charge in [-0.1, -0.05) is 20.8 Å². The van der Waals surface area contributed by atoms with Gasteiger partial charge in [0, 0.05) is 28.8 Å². The first-order valence-corrected chi connectivity index (χ1v) is 7.12. The summed E-state index contributed by atoms with van der Waals surface area (Å²) in [5.74, 6) is -0.443. The molecule has 106 valence electrons. The lowest BCUT2D eigenvalue weighted by molar-refractivity contribution is 0.102. The van der Waals surface area contributed by atoms with Gasteiger partial charge in [-0.15, -0.1) is 11.3 Å². The number of H-pyrrole nitrogens is 1. The van der Waals surface area contributed by atoms with E-state index in [1.54, 1.807) is 6.92 Å². The lowest BCUT2D eigenvalue weighted by atomic mass is 9.93. The van der Waals surface area contributed by atoms with E-state index in [9.17, 15) is 9.59 Å². The van der Waals surface area contributed by atoms with Gasteiger partial charge in [0.25, 0.3) is 5.91 Å². The lowest BCUT2D eigenvalue weighted by Gasteiger charge is -2.14. The Labute approximate surface area is 121 Å². The Morgan fingerprint density at radius 3 is 2.65 bits per heavy atom. The molecule has 2 N–H and O–H groups in total. The van der Waals surface area contributed by atoms with Gasteiger partial charge in [-0.25, -0.2) is 4.98 Å². The molecule has 2 rings (SSSR count). The third-order valence-electron chi connectivity index (χ3n) is 2.79. The summed E-state index contributed by atoms with van der Waals surface area (Å²) in [6.45, 7) is 7.93. The molecule has 0 atom stereocenters. The number of thiazole rings is 1. The summed E-state index contributed by atoms with van der Waals surface area (Å²) < 4.78 is 0. The van der Waals surface area contributed by atoms with Crippen LogP contribution in [0.5, 0.6) is 0 Å². The molecule has 6 heteroatoms. The Hall–Kier alpha value is -1.95. The van der Waals surface area contributed by atoms with E-state index >= 15 is 0 Å². The number of hydrogen-bond donors (Lipinski definition) is 2. The van der Waals surface area contributed by atoms with Gasteiger partial charge < -0.3 is 4.98 Å². The molecular weight excluding hydrogens is 274 g/mol. The van der Waals surface area contributed by atoms with Crippen molar-refractivity contribution in [2.75, 3.05) is 5.32 Å². The molecular formula is C14H17N3O2S. The van der Waals surface area contributed by atoms with E-state index in [0.29, 0.717) is 5.13 Å². The van der Waals surface area contributed by atoms with E-state index < -0.39 is 5.91 Å². The molecule has 5 nitrogen and oxygen atoms in total. The number of rotatable bonds is 2. The van der Waals surface area contributed by atoms with Gasteiger partial charge in [-0.05, 0) is 6.92 Å². The predicted molar refractivity (Wildman–Crippen MR) is 80.6 cm³/mol. The summed E-state index contributed by atoms with van der Waals surface area (Å²) >= 11 is 1.35. The lowest BCUT2D eigenvalue weighted by Crippen LogP contribution is -2.21. The second-order valence-electron chi connectivity index (χ2n) is 5.64. The predicted octanol–water partition coefficient (Wildman–Crippen LogP) is 2.69. The van der Waals surface area contributed by atoms with Crippen molar-refractivity contribution in [1.29, 1.82) is 0 Å². The quantitative estimate of drug-likeness (QED) is 0.893. The molecule has 2 heterocycles. The molecule has 0 aliphatic carbocycles. The summed E-state index contributed by atoms with van der Waals surface area (Å²) in [5.41, 5.74) is 1.35. The summed E-state index contributed by atoms with van der Waals surface area (Å²) in [6, 6.07) is 1.40. The van der Waals surface area contributed by atoms with Crippen molar-refractivity contribution >= 4 is 22.4 Å². The zero-order valence-corrected chi connectivity index (χ0v) is 12.7. The second kappa shape index (κ2) is 5.20. The largest absolute Gasteiger partial charge is 0.364 e. The highest BCUT2D eigenvalue weighted by molar-refractivity contribution is 7.14. The molecule has 2 aromatic rings. The molecule has 0 aliphatic rings. The molecule has 20 heavy (non-hydrogen) atoms. The molecule has 0 unspecified atom stereocenters. The van der Waals surface area contributed by atoms with Gasteiger partial charge >= 0.3 is 0 Å².